The molecule has 1 heterocycles. The molecule has 0 radical (unpaired) electrons. The van der Waals surface area contributed by atoms with E-state index in [1.54, 1.807) is 13.8 Å². The van der Waals surface area contributed by atoms with Crippen LogP contribution in [0.15, 0.2) is 11.8 Å². The monoisotopic (exact) mass is 242 g/mol. The molecule has 1 atom stereocenters. The van der Waals surface area contributed by atoms with Crippen molar-refractivity contribution in [3.63, 3.8) is 0 Å². The van der Waals surface area contributed by atoms with Crippen LogP contribution in [0.25, 0.3) is 0 Å². The Bertz CT molecular complexity index is 357. The number of hydrogen-bond donors (Lipinski definition) is 0. The molecular formula is C11H14O6. The number of hydrogen-bond acceptors (Lipinski definition) is 6. The van der Waals surface area contributed by atoms with Crippen molar-refractivity contribution in [2.24, 2.45) is 0 Å². The molecule has 0 aliphatic carbocycles. The highest BCUT2D eigenvalue weighted by Gasteiger charge is 2.35. The van der Waals surface area contributed by atoms with Crippen LogP contribution in [0.1, 0.15) is 13.8 Å². The summed E-state index contributed by atoms with van der Waals surface area (Å²) in [7, 11) is 0. The van der Waals surface area contributed by atoms with Crippen molar-refractivity contribution in [3.05, 3.63) is 11.8 Å². The van der Waals surface area contributed by atoms with Crippen molar-refractivity contribution < 1.29 is 28.6 Å². The van der Waals surface area contributed by atoms with Crippen molar-refractivity contribution >= 4 is 17.5 Å². The third-order valence-electron chi connectivity index (χ3n) is 2.00. The zero-order valence-electron chi connectivity index (χ0n) is 9.73. The van der Waals surface area contributed by atoms with Crippen LogP contribution in [-0.4, -0.2) is 43.5 Å². The third-order valence-corrected chi connectivity index (χ3v) is 2.00. The molecule has 0 amide bonds. The molecule has 0 N–H and O–H groups in total. The molecule has 17 heavy (non-hydrogen) atoms. The van der Waals surface area contributed by atoms with Crippen LogP contribution in [0.2, 0.25) is 0 Å². The number of Topliss-reactive ketones (excluding diaryl/α,β-unsaturated/α-hetero) is 1. The Labute approximate surface area is 98.5 Å². The summed E-state index contributed by atoms with van der Waals surface area (Å²) >= 11 is 0. The lowest BCUT2D eigenvalue weighted by molar-refractivity contribution is -0.161. The van der Waals surface area contributed by atoms with Gasteiger partial charge >= 0.3 is 5.97 Å². The van der Waals surface area contributed by atoms with Gasteiger partial charge in [0.2, 0.25) is 0 Å². The number of carbonyl (C=O) groups excluding carboxylic acids is 3. The highest BCUT2D eigenvalue weighted by Crippen LogP contribution is 2.12. The molecule has 1 aliphatic rings. The number of esters is 1. The number of carbonyl (C=O) groups is 3. The van der Waals surface area contributed by atoms with Gasteiger partial charge in [-0.1, -0.05) is 0 Å². The Balaban J connectivity index is 2.67. The van der Waals surface area contributed by atoms with Crippen LogP contribution in [0.5, 0.6) is 0 Å². The van der Waals surface area contributed by atoms with E-state index in [4.69, 9.17) is 9.47 Å². The van der Waals surface area contributed by atoms with Gasteiger partial charge in [0, 0.05) is 6.08 Å². The zero-order chi connectivity index (χ0) is 12.8. The first-order chi connectivity index (χ1) is 8.10. The molecule has 0 aromatic rings. The van der Waals surface area contributed by atoms with E-state index in [1.807, 2.05) is 0 Å². The summed E-state index contributed by atoms with van der Waals surface area (Å²) in [5, 5.41) is 0. The summed E-state index contributed by atoms with van der Waals surface area (Å²) in [5.41, 5.74) is 0. The molecule has 0 aromatic heterocycles. The predicted octanol–water partition coefficient (Wildman–Crippen LogP) is 0.00690. The normalized spacial score (nSPS) is 19.5. The maximum Gasteiger partial charge on any atom is 0.377 e. The van der Waals surface area contributed by atoms with Gasteiger partial charge in [0.15, 0.2) is 11.9 Å². The summed E-state index contributed by atoms with van der Waals surface area (Å²) in [6.45, 7) is 3.81. The van der Waals surface area contributed by atoms with Gasteiger partial charge in [-0.15, -0.1) is 0 Å². The van der Waals surface area contributed by atoms with Crippen molar-refractivity contribution in [1.82, 2.24) is 0 Å². The summed E-state index contributed by atoms with van der Waals surface area (Å²) < 4.78 is 14.6. The van der Waals surface area contributed by atoms with Crippen LogP contribution in [0.4, 0.5) is 0 Å². The lowest BCUT2D eigenvalue weighted by Crippen LogP contribution is -2.40. The maximum absolute atomic E-state index is 11.5. The molecule has 94 valence electrons. The molecule has 6 nitrogen and oxygen atoms in total. The molecule has 0 aromatic carbocycles. The van der Waals surface area contributed by atoms with E-state index in [1.165, 1.54) is 6.08 Å². The van der Waals surface area contributed by atoms with E-state index < -0.39 is 23.6 Å². The Morgan fingerprint density at radius 1 is 1.41 bits per heavy atom. The molecule has 6 heteroatoms. The van der Waals surface area contributed by atoms with Gasteiger partial charge in [0.25, 0.3) is 5.78 Å². The van der Waals surface area contributed by atoms with Crippen LogP contribution in [0.3, 0.4) is 0 Å². The fourth-order valence-corrected chi connectivity index (χ4v) is 1.31. The largest absolute Gasteiger partial charge is 0.496 e. The maximum atomic E-state index is 11.5. The quantitative estimate of drug-likeness (QED) is 0.384. The second-order valence-electron chi connectivity index (χ2n) is 3.22. The van der Waals surface area contributed by atoms with E-state index in [0.717, 1.165) is 0 Å². The van der Waals surface area contributed by atoms with Crippen molar-refractivity contribution in [2.45, 2.75) is 20.0 Å². The second kappa shape index (κ2) is 6.15. The molecule has 0 spiro atoms. The topological polar surface area (TPSA) is 78.9 Å². The summed E-state index contributed by atoms with van der Waals surface area (Å²) in [4.78, 5) is 34.1. The Kier molecular flexibility index (Phi) is 4.84. The average molecular weight is 242 g/mol. The summed E-state index contributed by atoms with van der Waals surface area (Å²) in [5.74, 6) is -2.29. The lowest BCUT2D eigenvalue weighted by Gasteiger charge is -2.19. The van der Waals surface area contributed by atoms with E-state index >= 15 is 0 Å². The first-order valence-corrected chi connectivity index (χ1v) is 5.29. The highest BCUT2D eigenvalue weighted by molar-refractivity contribution is 6.40. The first-order valence-electron chi connectivity index (χ1n) is 5.29. The van der Waals surface area contributed by atoms with Gasteiger partial charge in [-0.05, 0) is 13.8 Å². The van der Waals surface area contributed by atoms with E-state index in [2.05, 4.69) is 4.74 Å². The minimum Gasteiger partial charge on any atom is -0.496 e. The predicted molar refractivity (Wildman–Crippen MR) is 56.1 cm³/mol. The minimum atomic E-state index is -1.40. The first kappa shape index (κ1) is 13.4. The van der Waals surface area contributed by atoms with Crippen LogP contribution in [0, 0.1) is 0 Å². The van der Waals surface area contributed by atoms with Gasteiger partial charge < -0.3 is 14.2 Å². The van der Waals surface area contributed by atoms with E-state index in [0.29, 0.717) is 12.4 Å². The van der Waals surface area contributed by atoms with Crippen LogP contribution in [-0.2, 0) is 28.6 Å². The summed E-state index contributed by atoms with van der Waals surface area (Å²) in [6.07, 6.45) is -0.229. The van der Waals surface area contributed by atoms with Crippen LogP contribution >= 0.6 is 0 Å². The van der Waals surface area contributed by atoms with Crippen LogP contribution < -0.4 is 0 Å². The van der Waals surface area contributed by atoms with Gasteiger partial charge in [0.05, 0.1) is 13.2 Å². The smallest absolute Gasteiger partial charge is 0.377 e. The minimum absolute atomic E-state index is 0.00457. The SMILES string of the molecule is CCOC(=O)C(=O)C1OCC(OCC)=CC1=O. The molecule has 0 saturated carbocycles. The third kappa shape index (κ3) is 3.39. The Morgan fingerprint density at radius 3 is 2.65 bits per heavy atom. The number of ketones is 2. The van der Waals surface area contributed by atoms with E-state index in [-0.39, 0.29) is 13.2 Å². The average Bonchev–Trinajstić information content (AvgIpc) is 2.29. The second-order valence-corrected chi connectivity index (χ2v) is 3.22. The standard InChI is InChI=1S/C11H14O6/c1-3-15-7-5-8(12)10(17-6-7)9(13)11(14)16-4-2/h5,10H,3-4,6H2,1-2H3. The van der Waals surface area contributed by atoms with Gasteiger partial charge in [-0.25, -0.2) is 4.79 Å². The molecule has 0 saturated heterocycles. The van der Waals surface area contributed by atoms with Crippen molar-refractivity contribution in [1.29, 1.82) is 0 Å². The molecule has 1 unspecified atom stereocenters. The van der Waals surface area contributed by atoms with Gasteiger partial charge in [0.1, 0.15) is 12.4 Å². The van der Waals surface area contributed by atoms with Gasteiger partial charge in [-0.2, -0.15) is 0 Å². The van der Waals surface area contributed by atoms with Gasteiger partial charge in [-0.3, -0.25) is 9.59 Å². The van der Waals surface area contributed by atoms with E-state index in [9.17, 15) is 14.4 Å². The fourth-order valence-electron chi connectivity index (χ4n) is 1.31. The zero-order valence-corrected chi connectivity index (χ0v) is 9.73. The number of rotatable bonds is 5. The summed E-state index contributed by atoms with van der Waals surface area (Å²) in [6, 6.07) is 0. The van der Waals surface area contributed by atoms with Crippen molar-refractivity contribution in [2.75, 3.05) is 19.8 Å². The molecule has 1 rings (SSSR count). The Morgan fingerprint density at radius 2 is 2.12 bits per heavy atom. The molecule has 1 aliphatic heterocycles. The highest BCUT2D eigenvalue weighted by atomic mass is 16.6. The van der Waals surface area contributed by atoms with Crippen molar-refractivity contribution in [3.8, 4) is 0 Å². The molecule has 0 fully saturated rings. The Hall–Kier alpha value is -1.69. The number of ether oxygens (including phenoxy) is 3. The lowest BCUT2D eigenvalue weighted by atomic mass is 10.1. The molecule has 0 bridgehead atoms. The fraction of sp³-hybridized carbons (Fsp3) is 0.545. The molecular weight excluding hydrogens is 228 g/mol.